The fraction of sp³-hybridized carbons (Fsp3) is 1.00. The Kier molecular flexibility index (Phi) is 1.02. The van der Waals surface area contributed by atoms with E-state index < -0.39 is 0 Å². The lowest BCUT2D eigenvalue weighted by molar-refractivity contribution is 0.533. The summed E-state index contributed by atoms with van der Waals surface area (Å²) in [5, 5.41) is 7.69. The molecule has 0 aromatic rings. The zero-order valence-corrected chi connectivity index (χ0v) is 4.93. The van der Waals surface area contributed by atoms with Crippen LogP contribution in [0.3, 0.4) is 0 Å². The maximum atomic E-state index is 4.33. The number of fused-ring (bicyclic) bond motifs is 1. The van der Waals surface area contributed by atoms with Crippen LogP contribution in [0.2, 0.25) is 0 Å². The van der Waals surface area contributed by atoms with Crippen molar-refractivity contribution in [3.63, 3.8) is 0 Å². The second-order valence-corrected chi connectivity index (χ2v) is 2.77. The fourth-order valence-electron chi connectivity index (χ4n) is 1.62. The van der Waals surface area contributed by atoms with Crippen LogP contribution in [-0.4, -0.2) is 26.2 Å². The second-order valence-electron chi connectivity index (χ2n) is 2.77. The Morgan fingerprint density at radius 2 is 1.75 bits per heavy atom. The van der Waals surface area contributed by atoms with Crippen molar-refractivity contribution in [3.05, 3.63) is 0 Å². The average molecular weight is 111 g/mol. The van der Waals surface area contributed by atoms with Gasteiger partial charge < -0.3 is 5.32 Å². The van der Waals surface area contributed by atoms with Gasteiger partial charge in [0, 0.05) is 13.1 Å². The number of nitrogens with zero attached hydrogens (tertiary/aromatic N) is 1. The van der Waals surface area contributed by atoms with Crippen LogP contribution in [0.1, 0.15) is 0 Å². The van der Waals surface area contributed by atoms with Gasteiger partial charge in [0.2, 0.25) is 0 Å². The van der Waals surface area contributed by atoms with Crippen LogP contribution in [0.5, 0.6) is 0 Å². The Labute approximate surface area is 49.7 Å². The van der Waals surface area contributed by atoms with Gasteiger partial charge in [0.1, 0.15) is 0 Å². The zero-order chi connectivity index (χ0) is 5.40. The fourth-order valence-corrected chi connectivity index (χ4v) is 1.62. The predicted molar refractivity (Wildman–Crippen MR) is 31.7 cm³/mol. The lowest BCUT2D eigenvalue weighted by Crippen LogP contribution is -2.15. The summed E-state index contributed by atoms with van der Waals surface area (Å²) in [7, 11) is 0. The normalized spacial score (nSPS) is 45.0. The van der Waals surface area contributed by atoms with Crippen molar-refractivity contribution in [2.45, 2.75) is 0 Å². The summed E-state index contributed by atoms with van der Waals surface area (Å²) in [6.45, 7) is 4.68. The Morgan fingerprint density at radius 3 is 2.38 bits per heavy atom. The molecule has 2 fully saturated rings. The topological polar surface area (TPSA) is 26.1 Å². The molecule has 0 amide bonds. The van der Waals surface area contributed by atoms with E-state index in [9.17, 15) is 0 Å². The smallest absolute Gasteiger partial charge is 0.0177 e. The molecule has 8 heavy (non-hydrogen) atoms. The molecular formula is C6H11N2. The predicted octanol–water partition coefficient (Wildman–Crippen LogP) is -0.560. The quantitative estimate of drug-likeness (QED) is 0.445. The highest BCUT2D eigenvalue weighted by molar-refractivity contribution is 4.88. The van der Waals surface area contributed by atoms with Gasteiger partial charge in [0.25, 0.3) is 0 Å². The number of rotatable bonds is 0. The molecule has 0 bridgehead atoms. The lowest BCUT2D eigenvalue weighted by Gasteiger charge is -2.00. The monoisotopic (exact) mass is 111 g/mol. The highest BCUT2D eigenvalue weighted by atomic mass is 15.0. The first-order valence-electron chi connectivity index (χ1n) is 3.31. The van der Waals surface area contributed by atoms with Crippen LogP contribution >= 0.6 is 0 Å². The molecule has 45 valence electrons. The third-order valence-corrected chi connectivity index (χ3v) is 2.21. The highest BCUT2D eigenvalue weighted by Gasteiger charge is 2.31. The molecule has 0 spiro atoms. The van der Waals surface area contributed by atoms with E-state index in [-0.39, 0.29) is 0 Å². The summed E-state index contributed by atoms with van der Waals surface area (Å²) in [6.07, 6.45) is 0. The molecule has 2 heteroatoms. The first-order chi connectivity index (χ1) is 3.97. The molecule has 2 saturated heterocycles. The third-order valence-electron chi connectivity index (χ3n) is 2.21. The van der Waals surface area contributed by atoms with E-state index in [4.69, 9.17) is 0 Å². The molecule has 1 radical (unpaired) electrons. The first-order valence-corrected chi connectivity index (χ1v) is 3.31. The molecule has 0 saturated carbocycles. The number of hydrogen-bond acceptors (Lipinski definition) is 1. The van der Waals surface area contributed by atoms with E-state index in [2.05, 4.69) is 10.6 Å². The van der Waals surface area contributed by atoms with Crippen LogP contribution in [0.25, 0.3) is 0 Å². The molecule has 0 unspecified atom stereocenters. The lowest BCUT2D eigenvalue weighted by atomic mass is 10.0. The Bertz CT molecular complexity index is 72.5. The van der Waals surface area contributed by atoms with E-state index in [0.29, 0.717) is 0 Å². The van der Waals surface area contributed by atoms with Gasteiger partial charge in [-0.15, -0.1) is 0 Å². The molecular weight excluding hydrogens is 100 g/mol. The SMILES string of the molecule is C1[N]C[C@H]2CNC[C@@H]12. The van der Waals surface area contributed by atoms with Gasteiger partial charge in [0.05, 0.1) is 0 Å². The van der Waals surface area contributed by atoms with Crippen LogP contribution in [0.4, 0.5) is 0 Å². The molecule has 1 N–H and O–H groups in total. The van der Waals surface area contributed by atoms with Crippen molar-refractivity contribution in [3.8, 4) is 0 Å². The van der Waals surface area contributed by atoms with Gasteiger partial charge in [-0.05, 0) is 24.9 Å². The second kappa shape index (κ2) is 1.71. The molecule has 0 aromatic carbocycles. The van der Waals surface area contributed by atoms with E-state index in [1.807, 2.05) is 0 Å². The molecule has 2 atom stereocenters. The third kappa shape index (κ3) is 0.565. The summed E-state index contributed by atoms with van der Waals surface area (Å²) in [5.74, 6) is 1.80. The summed E-state index contributed by atoms with van der Waals surface area (Å²) in [6, 6.07) is 0. The van der Waals surface area contributed by atoms with Crippen molar-refractivity contribution in [1.82, 2.24) is 10.6 Å². The molecule has 2 nitrogen and oxygen atoms in total. The van der Waals surface area contributed by atoms with Crippen LogP contribution in [0, 0.1) is 11.8 Å². The maximum absolute atomic E-state index is 4.33. The molecule has 0 aliphatic carbocycles. The minimum atomic E-state index is 0.898. The number of nitrogens with one attached hydrogen (secondary N) is 1. The van der Waals surface area contributed by atoms with Gasteiger partial charge in [-0.3, -0.25) is 0 Å². The molecule has 2 heterocycles. The van der Waals surface area contributed by atoms with Crippen molar-refractivity contribution in [2.24, 2.45) is 11.8 Å². The molecule has 0 aromatic heterocycles. The average Bonchev–Trinajstić information content (AvgIpc) is 2.15. The van der Waals surface area contributed by atoms with Gasteiger partial charge in [-0.1, -0.05) is 0 Å². The van der Waals surface area contributed by atoms with E-state index >= 15 is 0 Å². The summed E-state index contributed by atoms with van der Waals surface area (Å²) >= 11 is 0. The first kappa shape index (κ1) is 4.77. The van der Waals surface area contributed by atoms with Gasteiger partial charge in [-0.25, -0.2) is 5.32 Å². The van der Waals surface area contributed by atoms with E-state index in [1.165, 1.54) is 13.1 Å². The van der Waals surface area contributed by atoms with Crippen molar-refractivity contribution >= 4 is 0 Å². The summed E-state index contributed by atoms with van der Waals surface area (Å²) in [4.78, 5) is 0. The summed E-state index contributed by atoms with van der Waals surface area (Å²) < 4.78 is 0. The van der Waals surface area contributed by atoms with Gasteiger partial charge in [-0.2, -0.15) is 0 Å². The minimum Gasteiger partial charge on any atom is -0.316 e. The minimum absolute atomic E-state index is 0.898. The van der Waals surface area contributed by atoms with Crippen LogP contribution in [-0.2, 0) is 0 Å². The Hall–Kier alpha value is -0.0800. The standard InChI is InChI=1S/C6H11N2/c1-5-2-8-4-6(5)3-7-1/h5-7H,1-4H2/t5-,6+. The maximum Gasteiger partial charge on any atom is 0.0177 e. The molecule has 2 rings (SSSR count). The summed E-state index contributed by atoms with van der Waals surface area (Å²) in [5.41, 5.74) is 0. The number of hydrogen-bond donors (Lipinski definition) is 1. The largest absolute Gasteiger partial charge is 0.316 e. The van der Waals surface area contributed by atoms with Crippen LogP contribution in [0.15, 0.2) is 0 Å². The van der Waals surface area contributed by atoms with Gasteiger partial charge >= 0.3 is 0 Å². The van der Waals surface area contributed by atoms with Crippen molar-refractivity contribution in [2.75, 3.05) is 26.2 Å². The van der Waals surface area contributed by atoms with Crippen molar-refractivity contribution in [1.29, 1.82) is 0 Å². The zero-order valence-electron chi connectivity index (χ0n) is 4.93. The Balaban J connectivity index is 2.04. The van der Waals surface area contributed by atoms with Gasteiger partial charge in [0.15, 0.2) is 0 Å². The van der Waals surface area contributed by atoms with Crippen LogP contribution < -0.4 is 10.6 Å². The molecule has 2 aliphatic rings. The van der Waals surface area contributed by atoms with E-state index in [1.54, 1.807) is 0 Å². The Morgan fingerprint density at radius 1 is 1.12 bits per heavy atom. The molecule has 2 aliphatic heterocycles. The highest BCUT2D eigenvalue weighted by Crippen LogP contribution is 2.20. The van der Waals surface area contributed by atoms with E-state index in [0.717, 1.165) is 24.9 Å². The van der Waals surface area contributed by atoms with Crippen molar-refractivity contribution < 1.29 is 0 Å².